The highest BCUT2D eigenvalue weighted by Crippen LogP contribution is 2.27. The molecule has 0 aliphatic carbocycles. The minimum atomic E-state index is -0.292. The van der Waals surface area contributed by atoms with Crippen molar-refractivity contribution in [2.24, 2.45) is 0 Å². The zero-order valence-electron chi connectivity index (χ0n) is 16.3. The minimum absolute atomic E-state index is 0.103. The summed E-state index contributed by atoms with van der Waals surface area (Å²) in [5, 5.41) is 3.35. The maximum Gasteiger partial charge on any atom is 0.258 e. The molecule has 0 saturated carbocycles. The number of aromatic nitrogens is 2. The van der Waals surface area contributed by atoms with Crippen molar-refractivity contribution in [3.63, 3.8) is 0 Å². The molecule has 0 bridgehead atoms. The molecule has 8 heteroatoms. The normalized spacial score (nSPS) is 10.9. The van der Waals surface area contributed by atoms with Crippen molar-refractivity contribution in [1.29, 1.82) is 0 Å². The van der Waals surface area contributed by atoms with E-state index in [0.717, 1.165) is 10.4 Å². The number of ether oxygens (including phenoxy) is 1. The second-order valence-corrected chi connectivity index (χ2v) is 8.48. The smallest absolute Gasteiger partial charge is 0.258 e. The average Bonchev–Trinajstić information content (AvgIpc) is 3.08. The van der Waals surface area contributed by atoms with E-state index >= 15 is 0 Å². The molecule has 152 valence electrons. The van der Waals surface area contributed by atoms with Crippen LogP contribution in [0.15, 0.2) is 59.5 Å². The van der Waals surface area contributed by atoms with Crippen LogP contribution >= 0.6 is 22.9 Å². The van der Waals surface area contributed by atoms with Gasteiger partial charge in [-0.05, 0) is 49.7 Å². The molecule has 2 aromatic carbocycles. The molecule has 2 aromatic heterocycles. The molecule has 1 amide bonds. The zero-order chi connectivity index (χ0) is 21.3. The Bertz CT molecular complexity index is 1310. The Morgan fingerprint density at radius 3 is 2.83 bits per heavy atom. The van der Waals surface area contributed by atoms with Crippen LogP contribution in [0, 0.1) is 13.8 Å². The summed E-state index contributed by atoms with van der Waals surface area (Å²) in [5.74, 6) is 0.195. The molecule has 30 heavy (non-hydrogen) atoms. The molecular weight excluding hydrogens is 422 g/mol. The van der Waals surface area contributed by atoms with Crippen molar-refractivity contribution >= 4 is 39.5 Å². The van der Waals surface area contributed by atoms with E-state index < -0.39 is 0 Å². The summed E-state index contributed by atoms with van der Waals surface area (Å²) < 4.78 is 7.42. The van der Waals surface area contributed by atoms with Gasteiger partial charge in [-0.3, -0.25) is 14.0 Å². The van der Waals surface area contributed by atoms with Crippen molar-refractivity contribution in [1.82, 2.24) is 9.38 Å². The van der Waals surface area contributed by atoms with Gasteiger partial charge in [0, 0.05) is 27.7 Å². The van der Waals surface area contributed by atoms with E-state index in [-0.39, 0.29) is 18.1 Å². The molecule has 0 atom stereocenters. The lowest BCUT2D eigenvalue weighted by molar-refractivity contribution is 0.102. The number of carbonyl (C=O) groups excluding carboxylic acids is 1. The number of fused-ring (bicyclic) bond motifs is 1. The fourth-order valence-corrected chi connectivity index (χ4v) is 4.02. The molecule has 0 spiro atoms. The summed E-state index contributed by atoms with van der Waals surface area (Å²) in [6, 6.07) is 13.7. The Kier molecular flexibility index (Phi) is 5.57. The molecule has 0 fully saturated rings. The van der Waals surface area contributed by atoms with Gasteiger partial charge in [0.25, 0.3) is 11.5 Å². The number of aryl methyl sites for hydroxylation is 2. The average molecular weight is 440 g/mol. The number of amides is 1. The van der Waals surface area contributed by atoms with Crippen LogP contribution in [0.1, 0.15) is 26.5 Å². The Morgan fingerprint density at radius 1 is 1.20 bits per heavy atom. The van der Waals surface area contributed by atoms with Crippen LogP contribution in [-0.4, -0.2) is 15.3 Å². The highest BCUT2D eigenvalue weighted by atomic mass is 35.5. The molecule has 0 unspecified atom stereocenters. The lowest BCUT2D eigenvalue weighted by Gasteiger charge is -2.13. The van der Waals surface area contributed by atoms with Crippen molar-refractivity contribution in [2.45, 2.75) is 20.5 Å². The number of halogens is 1. The van der Waals surface area contributed by atoms with E-state index in [9.17, 15) is 9.59 Å². The van der Waals surface area contributed by atoms with E-state index in [1.165, 1.54) is 21.8 Å². The second-order valence-electron chi connectivity index (χ2n) is 6.83. The maximum absolute atomic E-state index is 12.6. The number of nitrogens with one attached hydrogen (secondary N) is 1. The molecule has 0 aliphatic rings. The molecule has 1 N–H and O–H groups in total. The highest BCUT2D eigenvalue weighted by Gasteiger charge is 2.12. The standard InChI is InChI=1S/C22H18ClN3O3S/c1-13-6-7-19(18(8-13)25-21(28)15-4-3-5-16(23)9-15)29-12-17-10-20(27)26-11-14(2)30-22(26)24-17/h3-11H,12H2,1-2H3,(H,25,28). The van der Waals surface area contributed by atoms with Crippen LogP contribution in [0.4, 0.5) is 5.69 Å². The predicted molar refractivity (Wildman–Crippen MR) is 119 cm³/mol. The van der Waals surface area contributed by atoms with E-state index in [0.29, 0.717) is 32.7 Å². The van der Waals surface area contributed by atoms with Crippen LogP contribution in [-0.2, 0) is 6.61 Å². The van der Waals surface area contributed by atoms with Crippen LogP contribution < -0.4 is 15.6 Å². The van der Waals surface area contributed by atoms with Crippen molar-refractivity contribution in [2.75, 3.05) is 5.32 Å². The van der Waals surface area contributed by atoms with Crippen LogP contribution in [0.5, 0.6) is 5.75 Å². The summed E-state index contributed by atoms with van der Waals surface area (Å²) >= 11 is 7.43. The van der Waals surface area contributed by atoms with E-state index in [2.05, 4.69) is 10.3 Å². The SMILES string of the molecule is Cc1ccc(OCc2cc(=O)n3cc(C)sc3n2)c(NC(=O)c2cccc(Cl)c2)c1. The van der Waals surface area contributed by atoms with Crippen LogP contribution in [0.25, 0.3) is 4.96 Å². The van der Waals surface area contributed by atoms with Crippen LogP contribution in [0.2, 0.25) is 5.02 Å². The maximum atomic E-state index is 12.6. The van der Waals surface area contributed by atoms with Gasteiger partial charge >= 0.3 is 0 Å². The Labute approximate surface area is 181 Å². The minimum Gasteiger partial charge on any atom is -0.485 e. The van der Waals surface area contributed by atoms with Gasteiger partial charge in [0.1, 0.15) is 12.4 Å². The van der Waals surface area contributed by atoms with Gasteiger partial charge in [-0.2, -0.15) is 0 Å². The number of benzene rings is 2. The van der Waals surface area contributed by atoms with E-state index in [1.807, 2.05) is 26.0 Å². The molecule has 6 nitrogen and oxygen atoms in total. The van der Waals surface area contributed by atoms with Gasteiger partial charge in [-0.1, -0.05) is 23.7 Å². The molecule has 0 radical (unpaired) electrons. The summed E-state index contributed by atoms with van der Waals surface area (Å²) in [4.78, 5) is 31.0. The van der Waals surface area contributed by atoms with Gasteiger partial charge in [0.05, 0.1) is 11.4 Å². The topological polar surface area (TPSA) is 72.7 Å². The Balaban J connectivity index is 1.56. The van der Waals surface area contributed by atoms with Crippen molar-refractivity contribution in [3.05, 3.63) is 91.8 Å². The first-order chi connectivity index (χ1) is 14.4. The monoisotopic (exact) mass is 439 g/mol. The fraction of sp³-hybridized carbons (Fsp3) is 0.136. The molecule has 2 heterocycles. The first kappa shape index (κ1) is 20.1. The Hall–Kier alpha value is -3.16. The third kappa shape index (κ3) is 4.37. The number of nitrogens with zero attached hydrogens (tertiary/aromatic N) is 2. The molecular formula is C22H18ClN3O3S. The number of rotatable bonds is 5. The largest absolute Gasteiger partial charge is 0.485 e. The van der Waals surface area contributed by atoms with Crippen molar-refractivity contribution in [3.8, 4) is 5.75 Å². The third-order valence-corrected chi connectivity index (χ3v) is 5.51. The van der Waals surface area contributed by atoms with Crippen molar-refractivity contribution < 1.29 is 9.53 Å². The van der Waals surface area contributed by atoms with Gasteiger partial charge in [0.2, 0.25) is 0 Å². The van der Waals surface area contributed by atoms with Crippen LogP contribution in [0.3, 0.4) is 0 Å². The number of hydrogen-bond donors (Lipinski definition) is 1. The highest BCUT2D eigenvalue weighted by molar-refractivity contribution is 7.16. The molecule has 0 aliphatic heterocycles. The van der Waals surface area contributed by atoms with Gasteiger partial charge < -0.3 is 10.1 Å². The Morgan fingerprint density at radius 2 is 2.03 bits per heavy atom. The molecule has 4 aromatic rings. The first-order valence-electron chi connectivity index (χ1n) is 9.18. The summed E-state index contributed by atoms with van der Waals surface area (Å²) in [7, 11) is 0. The molecule has 4 rings (SSSR count). The summed E-state index contributed by atoms with van der Waals surface area (Å²) in [6.07, 6.45) is 1.77. The second kappa shape index (κ2) is 8.30. The van der Waals surface area contributed by atoms with Gasteiger partial charge in [-0.15, -0.1) is 11.3 Å². The fourth-order valence-electron chi connectivity index (χ4n) is 2.98. The van der Waals surface area contributed by atoms with Gasteiger partial charge in [-0.25, -0.2) is 4.98 Å². The quantitative estimate of drug-likeness (QED) is 0.482. The predicted octanol–water partition coefficient (Wildman–Crippen LogP) is 4.86. The van der Waals surface area contributed by atoms with E-state index in [1.54, 1.807) is 36.5 Å². The van der Waals surface area contributed by atoms with Gasteiger partial charge in [0.15, 0.2) is 4.96 Å². The third-order valence-electron chi connectivity index (χ3n) is 4.38. The zero-order valence-corrected chi connectivity index (χ0v) is 17.9. The van der Waals surface area contributed by atoms with E-state index in [4.69, 9.17) is 16.3 Å². The first-order valence-corrected chi connectivity index (χ1v) is 10.4. The molecule has 0 saturated heterocycles. The summed E-state index contributed by atoms with van der Waals surface area (Å²) in [5.41, 5.74) is 2.32. The summed E-state index contributed by atoms with van der Waals surface area (Å²) in [6.45, 7) is 3.95. The number of hydrogen-bond acceptors (Lipinski definition) is 5. The number of carbonyl (C=O) groups is 1. The number of anilines is 1. The lowest BCUT2D eigenvalue weighted by Crippen LogP contribution is -2.15. The number of thiazole rings is 1. The lowest BCUT2D eigenvalue weighted by atomic mass is 10.1.